The maximum absolute atomic E-state index is 11.9. The highest BCUT2D eigenvalue weighted by Gasteiger charge is 2.25. The minimum atomic E-state index is -0.973. The Morgan fingerprint density at radius 1 is 1.32 bits per heavy atom. The lowest BCUT2D eigenvalue weighted by atomic mass is 10.0. The number of urea groups is 2. The first-order valence-electron chi connectivity index (χ1n) is 6.65. The van der Waals surface area contributed by atoms with Gasteiger partial charge in [-0.25, -0.2) is 20.0 Å². The van der Waals surface area contributed by atoms with Crippen LogP contribution in [0, 0.1) is 0 Å². The highest BCUT2D eigenvalue weighted by molar-refractivity contribution is 6.30. The first-order chi connectivity index (χ1) is 10.3. The number of amides is 4. The molecule has 0 heterocycles. The number of carbonyl (C=O) groups excluding carboxylic acids is 3. The largest absolute Gasteiger partial charge is 0.338 e. The van der Waals surface area contributed by atoms with E-state index in [4.69, 9.17) is 11.6 Å². The molecule has 0 aliphatic carbocycles. The summed E-state index contributed by atoms with van der Waals surface area (Å²) in [7, 11) is 1.37. The Morgan fingerprint density at radius 3 is 2.41 bits per heavy atom. The second kappa shape index (κ2) is 7.65. The molecule has 1 aromatic carbocycles. The van der Waals surface area contributed by atoms with E-state index >= 15 is 0 Å². The number of nitrogens with one attached hydrogen (secondary N) is 3. The molecule has 0 aromatic heterocycles. The van der Waals surface area contributed by atoms with Crippen LogP contribution in [-0.4, -0.2) is 35.9 Å². The normalized spacial score (nSPS) is 12.7. The zero-order valence-electron chi connectivity index (χ0n) is 12.6. The fourth-order valence-corrected chi connectivity index (χ4v) is 1.55. The summed E-state index contributed by atoms with van der Waals surface area (Å²) in [6.45, 7) is 3.37. The number of halogens is 1. The molecule has 0 saturated carbocycles. The van der Waals surface area contributed by atoms with Crippen LogP contribution in [0.1, 0.15) is 20.3 Å². The van der Waals surface area contributed by atoms with Crippen molar-refractivity contribution in [2.45, 2.75) is 25.8 Å². The number of nitrogens with zero attached hydrogens (tertiary/aromatic N) is 1. The second-order valence-electron chi connectivity index (χ2n) is 4.95. The van der Waals surface area contributed by atoms with Gasteiger partial charge in [0.05, 0.1) is 5.54 Å². The molecule has 1 rings (SSSR count). The first-order valence-corrected chi connectivity index (χ1v) is 7.03. The third kappa shape index (κ3) is 5.25. The number of rotatable bonds is 4. The van der Waals surface area contributed by atoms with E-state index in [1.54, 1.807) is 38.1 Å². The molecule has 4 amide bonds. The summed E-state index contributed by atoms with van der Waals surface area (Å²) in [6.07, 6.45) is 1.10. The van der Waals surface area contributed by atoms with Crippen molar-refractivity contribution >= 4 is 35.6 Å². The van der Waals surface area contributed by atoms with Crippen LogP contribution in [0.4, 0.5) is 15.3 Å². The Kier molecular flexibility index (Phi) is 6.18. The van der Waals surface area contributed by atoms with Gasteiger partial charge in [-0.1, -0.05) is 18.5 Å². The van der Waals surface area contributed by atoms with Gasteiger partial charge in [0.1, 0.15) is 6.29 Å². The van der Waals surface area contributed by atoms with Crippen LogP contribution < -0.4 is 16.1 Å². The molecule has 0 fully saturated rings. The SMILES string of the molecule is CCC(C)(C=O)NC(=O)N(C)NC(=O)Nc1ccc(Cl)cc1. The first kappa shape index (κ1) is 17.8. The molecule has 0 aliphatic rings. The average molecular weight is 327 g/mol. The van der Waals surface area contributed by atoms with E-state index in [9.17, 15) is 14.4 Å². The van der Waals surface area contributed by atoms with Crippen LogP contribution in [0.3, 0.4) is 0 Å². The van der Waals surface area contributed by atoms with Gasteiger partial charge < -0.3 is 15.4 Å². The Morgan fingerprint density at radius 2 is 1.91 bits per heavy atom. The number of carbonyl (C=O) groups is 3. The van der Waals surface area contributed by atoms with Crippen LogP contribution in [-0.2, 0) is 4.79 Å². The van der Waals surface area contributed by atoms with E-state index in [0.29, 0.717) is 23.4 Å². The van der Waals surface area contributed by atoms with Crippen molar-refractivity contribution in [1.29, 1.82) is 0 Å². The van der Waals surface area contributed by atoms with E-state index in [2.05, 4.69) is 16.1 Å². The van der Waals surface area contributed by atoms with Gasteiger partial charge >= 0.3 is 12.1 Å². The molecule has 0 radical (unpaired) electrons. The molecule has 120 valence electrons. The second-order valence-corrected chi connectivity index (χ2v) is 5.39. The van der Waals surface area contributed by atoms with Crippen molar-refractivity contribution in [1.82, 2.24) is 15.8 Å². The lowest BCUT2D eigenvalue weighted by molar-refractivity contribution is -0.112. The molecule has 22 heavy (non-hydrogen) atoms. The van der Waals surface area contributed by atoms with E-state index in [1.165, 1.54) is 7.05 Å². The van der Waals surface area contributed by atoms with Crippen LogP contribution in [0.5, 0.6) is 0 Å². The smallest absolute Gasteiger partial charge is 0.325 e. The number of hydrazine groups is 1. The topological polar surface area (TPSA) is 90.5 Å². The number of anilines is 1. The summed E-state index contributed by atoms with van der Waals surface area (Å²) in [5.41, 5.74) is 1.89. The maximum Gasteiger partial charge on any atom is 0.338 e. The predicted octanol–water partition coefficient (Wildman–Crippen LogP) is 2.39. The number of hydrogen-bond donors (Lipinski definition) is 3. The maximum atomic E-state index is 11.9. The molecule has 1 aromatic rings. The zero-order valence-corrected chi connectivity index (χ0v) is 13.4. The van der Waals surface area contributed by atoms with Gasteiger partial charge in [-0.05, 0) is 37.6 Å². The monoisotopic (exact) mass is 326 g/mol. The summed E-state index contributed by atoms with van der Waals surface area (Å²) in [5, 5.41) is 6.59. The Balaban J connectivity index is 2.54. The van der Waals surface area contributed by atoms with Gasteiger partial charge in [-0.15, -0.1) is 0 Å². The molecule has 7 nitrogen and oxygen atoms in total. The highest BCUT2D eigenvalue weighted by atomic mass is 35.5. The third-order valence-corrected chi connectivity index (χ3v) is 3.32. The van der Waals surface area contributed by atoms with Crippen LogP contribution in [0.15, 0.2) is 24.3 Å². The summed E-state index contributed by atoms with van der Waals surface area (Å²) in [5.74, 6) is 0. The lowest BCUT2D eigenvalue weighted by Gasteiger charge is -2.27. The molecular weight excluding hydrogens is 308 g/mol. The Hall–Kier alpha value is -2.28. The molecule has 0 spiro atoms. The molecule has 3 N–H and O–H groups in total. The molecule has 0 saturated heterocycles. The van der Waals surface area contributed by atoms with Crippen LogP contribution in [0.2, 0.25) is 5.02 Å². The average Bonchev–Trinajstić information content (AvgIpc) is 2.49. The van der Waals surface area contributed by atoms with Gasteiger partial charge in [0, 0.05) is 17.8 Å². The van der Waals surface area contributed by atoms with Crippen molar-refractivity contribution in [2.75, 3.05) is 12.4 Å². The van der Waals surface area contributed by atoms with E-state index < -0.39 is 17.6 Å². The molecule has 0 aliphatic heterocycles. The van der Waals surface area contributed by atoms with Gasteiger partial charge in [-0.2, -0.15) is 0 Å². The lowest BCUT2D eigenvalue weighted by Crippen LogP contribution is -2.56. The molecular formula is C14H19ClN4O3. The number of hydrogen-bond acceptors (Lipinski definition) is 3. The summed E-state index contributed by atoms with van der Waals surface area (Å²) >= 11 is 5.75. The summed E-state index contributed by atoms with van der Waals surface area (Å²) < 4.78 is 0. The third-order valence-electron chi connectivity index (χ3n) is 3.06. The van der Waals surface area contributed by atoms with Gasteiger partial charge in [-0.3, -0.25) is 0 Å². The van der Waals surface area contributed by atoms with Crippen LogP contribution in [0.25, 0.3) is 0 Å². The minimum absolute atomic E-state index is 0.438. The van der Waals surface area contributed by atoms with Crippen molar-refractivity contribution in [3.63, 3.8) is 0 Å². The number of aldehydes is 1. The highest BCUT2D eigenvalue weighted by Crippen LogP contribution is 2.13. The molecule has 8 heteroatoms. The van der Waals surface area contributed by atoms with Crippen LogP contribution >= 0.6 is 11.6 Å². The number of benzene rings is 1. The van der Waals surface area contributed by atoms with E-state index in [-0.39, 0.29) is 0 Å². The summed E-state index contributed by atoms with van der Waals surface area (Å²) in [6, 6.07) is 5.33. The van der Waals surface area contributed by atoms with Crippen molar-refractivity contribution < 1.29 is 14.4 Å². The summed E-state index contributed by atoms with van der Waals surface area (Å²) in [4.78, 5) is 34.6. The van der Waals surface area contributed by atoms with Crippen molar-refractivity contribution in [3.8, 4) is 0 Å². The fraction of sp³-hybridized carbons (Fsp3) is 0.357. The zero-order chi connectivity index (χ0) is 16.8. The molecule has 0 bridgehead atoms. The van der Waals surface area contributed by atoms with E-state index in [1.807, 2.05) is 0 Å². The Labute approximate surface area is 134 Å². The van der Waals surface area contributed by atoms with Crippen molar-refractivity contribution in [2.24, 2.45) is 0 Å². The van der Waals surface area contributed by atoms with E-state index in [0.717, 1.165) is 5.01 Å². The van der Waals surface area contributed by atoms with Crippen molar-refractivity contribution in [3.05, 3.63) is 29.3 Å². The molecule has 1 unspecified atom stereocenters. The van der Waals surface area contributed by atoms with Gasteiger partial charge in [0.25, 0.3) is 0 Å². The quantitative estimate of drug-likeness (QED) is 0.586. The standard InChI is InChI=1S/C14H19ClN4O3/c1-4-14(2,9-20)17-13(22)19(3)18-12(21)16-11-7-5-10(15)6-8-11/h5-9H,4H2,1-3H3,(H,17,22)(H2,16,18,21). The van der Waals surface area contributed by atoms with Gasteiger partial charge in [0.2, 0.25) is 0 Å². The van der Waals surface area contributed by atoms with Gasteiger partial charge in [0.15, 0.2) is 0 Å². The predicted molar refractivity (Wildman–Crippen MR) is 84.7 cm³/mol. The fourth-order valence-electron chi connectivity index (χ4n) is 1.42. The molecule has 1 atom stereocenters. The Bertz CT molecular complexity index is 550. The minimum Gasteiger partial charge on any atom is -0.325 e.